The Balaban J connectivity index is 2.35. The number of rotatable bonds is 5. The number of halogens is 1. The molecule has 8 heteroatoms. The summed E-state index contributed by atoms with van der Waals surface area (Å²) in [6.45, 7) is 1.95. The fourth-order valence-corrected chi connectivity index (χ4v) is 1.83. The lowest BCUT2D eigenvalue weighted by molar-refractivity contribution is -0.384. The van der Waals surface area contributed by atoms with Gasteiger partial charge in [0, 0.05) is 23.6 Å². The van der Waals surface area contributed by atoms with E-state index in [-0.39, 0.29) is 28.2 Å². The minimum Gasteiger partial charge on any atom is -0.334 e. The van der Waals surface area contributed by atoms with Gasteiger partial charge in [0.1, 0.15) is 5.56 Å². The van der Waals surface area contributed by atoms with Crippen LogP contribution >= 0.6 is 11.6 Å². The first kappa shape index (κ1) is 14.4. The summed E-state index contributed by atoms with van der Waals surface area (Å²) in [7, 11) is 0. The second-order valence-corrected chi connectivity index (χ2v) is 4.74. The molecule has 0 aliphatic carbocycles. The lowest BCUT2D eigenvalue weighted by atomic mass is 10.1. The van der Waals surface area contributed by atoms with Crippen molar-refractivity contribution in [1.82, 2.24) is 10.1 Å². The van der Waals surface area contributed by atoms with Crippen LogP contribution in [0.3, 0.4) is 0 Å². The largest absolute Gasteiger partial charge is 0.334 e. The average Bonchev–Trinajstić information content (AvgIpc) is 2.86. The number of nitrogens with zero attached hydrogens (tertiary/aromatic N) is 3. The SMILES string of the molecule is CCC(N)Cc1noc(-c2ccc(Cl)cc2[N+](=O)[O-])n1. The van der Waals surface area contributed by atoms with Crippen LogP contribution in [-0.4, -0.2) is 21.1 Å². The number of hydrogen-bond donors (Lipinski definition) is 1. The summed E-state index contributed by atoms with van der Waals surface area (Å²) in [4.78, 5) is 14.6. The summed E-state index contributed by atoms with van der Waals surface area (Å²) >= 11 is 5.75. The Morgan fingerprint density at radius 1 is 1.55 bits per heavy atom. The molecule has 0 saturated carbocycles. The van der Waals surface area contributed by atoms with Crippen LogP contribution in [0.5, 0.6) is 0 Å². The molecule has 0 radical (unpaired) electrons. The standard InChI is InChI=1S/C12H13ClN4O3/c1-2-8(14)6-11-15-12(20-16-11)9-4-3-7(13)5-10(9)17(18)19/h3-5,8H,2,6,14H2,1H3. The average molecular weight is 297 g/mol. The monoisotopic (exact) mass is 296 g/mol. The fourth-order valence-electron chi connectivity index (χ4n) is 1.66. The van der Waals surface area contributed by atoms with E-state index in [4.69, 9.17) is 21.9 Å². The van der Waals surface area contributed by atoms with Gasteiger partial charge in [-0.05, 0) is 18.6 Å². The van der Waals surface area contributed by atoms with Gasteiger partial charge in [-0.25, -0.2) is 0 Å². The third kappa shape index (κ3) is 3.12. The van der Waals surface area contributed by atoms with Crippen LogP contribution in [0.1, 0.15) is 19.2 Å². The Bertz CT molecular complexity index is 629. The number of benzene rings is 1. The van der Waals surface area contributed by atoms with Gasteiger partial charge >= 0.3 is 0 Å². The highest BCUT2D eigenvalue weighted by Gasteiger charge is 2.21. The Labute approximate surface area is 119 Å². The van der Waals surface area contributed by atoms with E-state index in [9.17, 15) is 10.1 Å². The van der Waals surface area contributed by atoms with E-state index >= 15 is 0 Å². The molecule has 1 aromatic heterocycles. The normalized spacial score (nSPS) is 12.3. The maximum absolute atomic E-state index is 11.0. The predicted molar refractivity (Wildman–Crippen MR) is 73.4 cm³/mol. The summed E-state index contributed by atoms with van der Waals surface area (Å²) in [5.74, 6) is 0.519. The van der Waals surface area contributed by atoms with Crippen LogP contribution in [0, 0.1) is 10.1 Å². The first-order valence-corrected chi connectivity index (χ1v) is 6.41. The quantitative estimate of drug-likeness (QED) is 0.671. The van der Waals surface area contributed by atoms with E-state index in [1.165, 1.54) is 18.2 Å². The number of aromatic nitrogens is 2. The maximum Gasteiger partial charge on any atom is 0.283 e. The molecule has 2 rings (SSSR count). The van der Waals surface area contributed by atoms with Crippen molar-refractivity contribution in [2.24, 2.45) is 5.73 Å². The number of hydrogen-bond acceptors (Lipinski definition) is 6. The smallest absolute Gasteiger partial charge is 0.283 e. The van der Waals surface area contributed by atoms with Crippen LogP contribution in [0.4, 0.5) is 5.69 Å². The van der Waals surface area contributed by atoms with E-state index < -0.39 is 4.92 Å². The zero-order valence-corrected chi connectivity index (χ0v) is 11.5. The topological polar surface area (TPSA) is 108 Å². The summed E-state index contributed by atoms with van der Waals surface area (Å²) in [6.07, 6.45) is 1.24. The van der Waals surface area contributed by atoms with E-state index in [1.807, 2.05) is 6.92 Å². The molecule has 2 N–H and O–H groups in total. The van der Waals surface area contributed by atoms with Gasteiger partial charge in [-0.3, -0.25) is 10.1 Å². The molecule has 1 atom stereocenters. The van der Waals surface area contributed by atoms with Gasteiger partial charge in [-0.2, -0.15) is 4.98 Å². The highest BCUT2D eigenvalue weighted by molar-refractivity contribution is 6.30. The molecule has 2 aromatic rings. The molecule has 0 bridgehead atoms. The molecule has 1 unspecified atom stereocenters. The summed E-state index contributed by atoms with van der Waals surface area (Å²) in [5, 5.41) is 15.1. The Morgan fingerprint density at radius 3 is 2.95 bits per heavy atom. The molecule has 1 heterocycles. The Hall–Kier alpha value is -1.99. The maximum atomic E-state index is 11.0. The van der Waals surface area contributed by atoms with Gasteiger partial charge in [-0.1, -0.05) is 23.7 Å². The summed E-state index contributed by atoms with van der Waals surface area (Å²) < 4.78 is 5.06. The predicted octanol–water partition coefficient (Wildman–Crippen LogP) is 2.58. The molecule has 0 amide bonds. The first-order chi connectivity index (χ1) is 9.51. The summed E-state index contributed by atoms with van der Waals surface area (Å²) in [5.41, 5.74) is 5.87. The van der Waals surface area contributed by atoms with Gasteiger partial charge in [0.05, 0.1) is 4.92 Å². The Morgan fingerprint density at radius 2 is 2.30 bits per heavy atom. The van der Waals surface area contributed by atoms with Crippen LogP contribution in [0.15, 0.2) is 22.7 Å². The van der Waals surface area contributed by atoms with Crippen LogP contribution < -0.4 is 5.73 Å². The van der Waals surface area contributed by atoms with Crippen molar-refractivity contribution in [3.63, 3.8) is 0 Å². The molecule has 7 nitrogen and oxygen atoms in total. The lowest BCUT2D eigenvalue weighted by Gasteiger charge is -2.02. The van der Waals surface area contributed by atoms with Crippen molar-refractivity contribution >= 4 is 17.3 Å². The minimum atomic E-state index is -0.539. The number of nitro groups is 1. The van der Waals surface area contributed by atoms with Crippen molar-refractivity contribution in [2.75, 3.05) is 0 Å². The minimum absolute atomic E-state index is 0.0688. The molecule has 0 spiro atoms. The van der Waals surface area contributed by atoms with Gasteiger partial charge in [0.25, 0.3) is 11.6 Å². The van der Waals surface area contributed by atoms with E-state index in [0.29, 0.717) is 12.2 Å². The van der Waals surface area contributed by atoms with Crippen LogP contribution in [0.25, 0.3) is 11.5 Å². The van der Waals surface area contributed by atoms with Crippen molar-refractivity contribution in [3.8, 4) is 11.5 Å². The van der Waals surface area contributed by atoms with Gasteiger partial charge in [-0.15, -0.1) is 0 Å². The zero-order valence-electron chi connectivity index (χ0n) is 10.7. The molecule has 1 aromatic carbocycles. The molecule has 0 aliphatic heterocycles. The highest BCUT2D eigenvalue weighted by Crippen LogP contribution is 2.31. The van der Waals surface area contributed by atoms with Crippen molar-refractivity contribution in [2.45, 2.75) is 25.8 Å². The fraction of sp³-hybridized carbons (Fsp3) is 0.333. The zero-order chi connectivity index (χ0) is 14.7. The van der Waals surface area contributed by atoms with Crippen molar-refractivity contribution in [1.29, 1.82) is 0 Å². The van der Waals surface area contributed by atoms with Crippen LogP contribution in [0.2, 0.25) is 5.02 Å². The molecule has 0 aliphatic rings. The third-order valence-corrected chi connectivity index (χ3v) is 3.06. The summed E-state index contributed by atoms with van der Waals surface area (Å²) in [6, 6.07) is 4.20. The van der Waals surface area contributed by atoms with Gasteiger partial charge in [0.15, 0.2) is 5.82 Å². The van der Waals surface area contributed by atoms with E-state index in [2.05, 4.69) is 10.1 Å². The second kappa shape index (κ2) is 5.98. The van der Waals surface area contributed by atoms with E-state index in [0.717, 1.165) is 6.42 Å². The molecule has 0 saturated heterocycles. The molecular weight excluding hydrogens is 284 g/mol. The molecule has 0 fully saturated rings. The second-order valence-electron chi connectivity index (χ2n) is 4.31. The van der Waals surface area contributed by atoms with E-state index in [1.54, 1.807) is 0 Å². The first-order valence-electron chi connectivity index (χ1n) is 6.03. The van der Waals surface area contributed by atoms with Crippen molar-refractivity contribution < 1.29 is 9.45 Å². The highest BCUT2D eigenvalue weighted by atomic mass is 35.5. The van der Waals surface area contributed by atoms with Crippen molar-refractivity contribution in [3.05, 3.63) is 39.2 Å². The Kier molecular flexibility index (Phi) is 4.31. The van der Waals surface area contributed by atoms with Gasteiger partial charge in [0.2, 0.25) is 0 Å². The molecule has 20 heavy (non-hydrogen) atoms. The van der Waals surface area contributed by atoms with Gasteiger partial charge < -0.3 is 10.3 Å². The lowest BCUT2D eigenvalue weighted by Crippen LogP contribution is -2.21. The molecule has 106 valence electrons. The van der Waals surface area contributed by atoms with Crippen LogP contribution in [-0.2, 0) is 6.42 Å². The number of nitro benzene ring substituents is 1. The molecular formula is C12H13ClN4O3. The third-order valence-electron chi connectivity index (χ3n) is 2.82. The number of nitrogens with two attached hydrogens (primary N) is 1.